The van der Waals surface area contributed by atoms with Crippen molar-refractivity contribution in [3.63, 3.8) is 0 Å². The van der Waals surface area contributed by atoms with Crippen LogP contribution >= 0.6 is 0 Å². The predicted molar refractivity (Wildman–Crippen MR) is 122 cm³/mol. The van der Waals surface area contributed by atoms with E-state index in [4.69, 9.17) is 14.2 Å². The van der Waals surface area contributed by atoms with Gasteiger partial charge < -0.3 is 14.2 Å². The average molecular weight is 436 g/mol. The Morgan fingerprint density at radius 3 is 2.12 bits per heavy atom. The summed E-state index contributed by atoms with van der Waals surface area (Å²) < 4.78 is 44.2. The van der Waals surface area contributed by atoms with E-state index in [1.807, 2.05) is 6.08 Å². The highest BCUT2D eigenvalue weighted by atomic mass is 19.2. The predicted octanol–water partition coefficient (Wildman–Crippen LogP) is 6.83. The zero-order chi connectivity index (χ0) is 22.5. The molecule has 0 aromatic heterocycles. The third-order valence-corrected chi connectivity index (χ3v) is 5.84. The third-order valence-electron chi connectivity index (χ3n) is 5.84. The van der Waals surface area contributed by atoms with E-state index >= 15 is 0 Å². The summed E-state index contributed by atoms with van der Waals surface area (Å²) >= 11 is 0. The zero-order valence-corrected chi connectivity index (χ0v) is 18.0. The Balaban J connectivity index is 1.31. The van der Waals surface area contributed by atoms with Crippen LogP contribution in [0.2, 0.25) is 0 Å². The molecular weight excluding hydrogens is 410 g/mol. The highest BCUT2D eigenvalue weighted by Gasteiger charge is 2.24. The Bertz CT molecular complexity index is 1050. The molecule has 1 aliphatic rings. The first-order valence-electron chi connectivity index (χ1n) is 10.7. The second-order valence-corrected chi connectivity index (χ2v) is 7.92. The Hall–Kier alpha value is -3.18. The SMILES string of the molecule is C=Cc1ccc(-c2ccc(C3CCC(COc4ccc(OC)c(F)c4F)CO3)cc2)cc1. The lowest BCUT2D eigenvalue weighted by atomic mass is 9.94. The number of rotatable bonds is 7. The first-order chi connectivity index (χ1) is 15.6. The van der Waals surface area contributed by atoms with Crippen molar-refractivity contribution in [3.8, 4) is 22.6 Å². The molecule has 0 saturated carbocycles. The summed E-state index contributed by atoms with van der Waals surface area (Å²) in [6, 6.07) is 19.5. The molecule has 1 fully saturated rings. The van der Waals surface area contributed by atoms with Crippen molar-refractivity contribution in [2.75, 3.05) is 20.3 Å². The molecule has 2 atom stereocenters. The number of methoxy groups -OCH3 is 1. The molecule has 0 aliphatic carbocycles. The fourth-order valence-corrected chi connectivity index (χ4v) is 3.89. The van der Waals surface area contributed by atoms with Gasteiger partial charge >= 0.3 is 0 Å². The van der Waals surface area contributed by atoms with Crippen LogP contribution in [0.3, 0.4) is 0 Å². The van der Waals surface area contributed by atoms with Crippen LogP contribution in [0.4, 0.5) is 8.78 Å². The van der Waals surface area contributed by atoms with E-state index < -0.39 is 11.6 Å². The summed E-state index contributed by atoms with van der Waals surface area (Å²) in [5.74, 6) is -2.19. The van der Waals surface area contributed by atoms with Gasteiger partial charge in [-0.25, -0.2) is 0 Å². The van der Waals surface area contributed by atoms with Gasteiger partial charge in [-0.15, -0.1) is 0 Å². The van der Waals surface area contributed by atoms with Gasteiger partial charge in [0, 0.05) is 5.92 Å². The third kappa shape index (κ3) is 4.83. The summed E-state index contributed by atoms with van der Waals surface area (Å²) in [6.45, 7) is 4.57. The van der Waals surface area contributed by atoms with E-state index in [2.05, 4.69) is 55.1 Å². The van der Waals surface area contributed by atoms with Crippen LogP contribution in [-0.4, -0.2) is 20.3 Å². The molecule has 0 spiro atoms. The van der Waals surface area contributed by atoms with Crippen LogP contribution in [0.5, 0.6) is 11.5 Å². The number of halogens is 2. The normalized spacial score (nSPS) is 18.2. The molecular formula is C27H26F2O3. The molecule has 1 saturated heterocycles. The molecule has 3 aromatic rings. The summed E-state index contributed by atoms with van der Waals surface area (Å²) in [5.41, 5.74) is 4.55. The molecule has 1 aliphatic heterocycles. The first-order valence-corrected chi connectivity index (χ1v) is 10.7. The quantitative estimate of drug-likeness (QED) is 0.406. The topological polar surface area (TPSA) is 27.7 Å². The maximum Gasteiger partial charge on any atom is 0.204 e. The van der Waals surface area contributed by atoms with Crippen LogP contribution < -0.4 is 9.47 Å². The molecule has 5 heteroatoms. The lowest BCUT2D eigenvalue weighted by Gasteiger charge is -2.29. The van der Waals surface area contributed by atoms with Crippen LogP contribution in [-0.2, 0) is 4.74 Å². The minimum Gasteiger partial charge on any atom is -0.494 e. The van der Waals surface area contributed by atoms with E-state index in [1.165, 1.54) is 19.2 Å². The molecule has 4 rings (SSSR count). The molecule has 3 nitrogen and oxygen atoms in total. The number of ether oxygens (including phenoxy) is 3. The van der Waals surface area contributed by atoms with Crippen LogP contribution in [0.15, 0.2) is 67.2 Å². The lowest BCUT2D eigenvalue weighted by Crippen LogP contribution is -2.25. The Kier molecular flexibility index (Phi) is 6.86. The van der Waals surface area contributed by atoms with Crippen LogP contribution in [0.1, 0.15) is 30.1 Å². The molecule has 0 amide bonds. The van der Waals surface area contributed by atoms with E-state index in [0.717, 1.165) is 35.1 Å². The van der Waals surface area contributed by atoms with Gasteiger partial charge in [0.2, 0.25) is 11.6 Å². The molecule has 0 radical (unpaired) electrons. The van der Waals surface area contributed by atoms with E-state index in [0.29, 0.717) is 6.61 Å². The Labute approximate surface area is 187 Å². The van der Waals surface area contributed by atoms with Gasteiger partial charge in [-0.05, 0) is 47.2 Å². The lowest BCUT2D eigenvalue weighted by molar-refractivity contribution is -0.0288. The Morgan fingerprint density at radius 1 is 0.906 bits per heavy atom. The van der Waals surface area contributed by atoms with Gasteiger partial charge in [0.25, 0.3) is 0 Å². The largest absolute Gasteiger partial charge is 0.494 e. The second kappa shape index (κ2) is 9.96. The minimum absolute atomic E-state index is 0.0265. The minimum atomic E-state index is -1.04. The summed E-state index contributed by atoms with van der Waals surface area (Å²) in [7, 11) is 1.29. The Morgan fingerprint density at radius 2 is 1.53 bits per heavy atom. The van der Waals surface area contributed by atoms with Crippen molar-refractivity contribution in [1.29, 1.82) is 0 Å². The summed E-state index contributed by atoms with van der Waals surface area (Å²) in [5, 5.41) is 0. The smallest absolute Gasteiger partial charge is 0.204 e. The van der Waals surface area contributed by atoms with Crippen LogP contribution in [0.25, 0.3) is 17.2 Å². The second-order valence-electron chi connectivity index (χ2n) is 7.92. The summed E-state index contributed by atoms with van der Waals surface area (Å²) in [6.07, 6.45) is 3.59. The highest BCUT2D eigenvalue weighted by Crippen LogP contribution is 2.33. The van der Waals surface area contributed by atoms with Gasteiger partial charge in [0.15, 0.2) is 11.5 Å². The van der Waals surface area contributed by atoms with Gasteiger partial charge in [-0.3, -0.25) is 0 Å². The van der Waals surface area contributed by atoms with Crippen molar-refractivity contribution in [2.45, 2.75) is 18.9 Å². The van der Waals surface area contributed by atoms with E-state index in [1.54, 1.807) is 0 Å². The molecule has 0 bridgehead atoms. The van der Waals surface area contributed by atoms with Crippen molar-refractivity contribution in [3.05, 3.63) is 90.0 Å². The number of benzene rings is 3. The number of hydrogen-bond donors (Lipinski definition) is 0. The maximum atomic E-state index is 14.1. The van der Waals surface area contributed by atoms with Crippen molar-refractivity contribution >= 4 is 6.08 Å². The van der Waals surface area contributed by atoms with Crippen molar-refractivity contribution in [1.82, 2.24) is 0 Å². The fourth-order valence-electron chi connectivity index (χ4n) is 3.89. The van der Waals surface area contributed by atoms with Crippen LogP contribution in [0, 0.1) is 17.6 Å². The number of hydrogen-bond acceptors (Lipinski definition) is 3. The van der Waals surface area contributed by atoms with Gasteiger partial charge in [0.1, 0.15) is 0 Å². The van der Waals surface area contributed by atoms with Crippen molar-refractivity contribution < 1.29 is 23.0 Å². The van der Waals surface area contributed by atoms with Crippen molar-refractivity contribution in [2.24, 2.45) is 5.92 Å². The van der Waals surface area contributed by atoms with Gasteiger partial charge in [-0.2, -0.15) is 8.78 Å². The average Bonchev–Trinajstić information content (AvgIpc) is 2.85. The maximum absolute atomic E-state index is 14.1. The fraction of sp³-hybridized carbons (Fsp3) is 0.259. The molecule has 1 heterocycles. The monoisotopic (exact) mass is 436 g/mol. The standard InChI is InChI=1S/C27H26F2O3/c1-3-18-4-7-20(8-5-18)21-9-11-22(12-10-21)23-13-6-19(16-31-23)17-32-25-15-14-24(30-2)26(28)27(25)29/h3-5,7-12,14-15,19,23H,1,6,13,16-17H2,2H3. The van der Waals surface area contributed by atoms with E-state index in [9.17, 15) is 8.78 Å². The molecule has 0 N–H and O–H groups in total. The summed E-state index contributed by atoms with van der Waals surface area (Å²) in [4.78, 5) is 0. The van der Waals surface area contributed by atoms with Gasteiger partial charge in [0.05, 0.1) is 26.4 Å². The molecule has 166 valence electrons. The zero-order valence-electron chi connectivity index (χ0n) is 18.0. The first kappa shape index (κ1) is 22.0. The van der Waals surface area contributed by atoms with Gasteiger partial charge in [-0.1, -0.05) is 61.2 Å². The molecule has 3 aromatic carbocycles. The molecule has 2 unspecified atom stereocenters. The molecule has 32 heavy (non-hydrogen) atoms. The van der Waals surface area contributed by atoms with E-state index in [-0.39, 0.29) is 30.1 Å². The highest BCUT2D eigenvalue weighted by molar-refractivity contribution is 5.65.